The van der Waals surface area contributed by atoms with Crippen LogP contribution in [0.25, 0.3) is 0 Å². The first-order valence-electron chi connectivity index (χ1n) is 7.27. The van der Waals surface area contributed by atoms with E-state index in [1.54, 1.807) is 6.20 Å². The molecule has 0 saturated heterocycles. The van der Waals surface area contributed by atoms with E-state index in [-0.39, 0.29) is 17.7 Å². The molecule has 1 amide bonds. The standard InChI is InChI=1S/C16H22N2O3/c1-10-4-7-13(9-17-10)16(2,3)18-14(19)11-5-6-12(8-11)15(20)21/h4,7,9,11-12H,5-6,8H2,1-3H3,(H,18,19)(H,20,21)/t11-,12+/m1/s1. The van der Waals surface area contributed by atoms with E-state index < -0.39 is 11.5 Å². The highest BCUT2D eigenvalue weighted by Crippen LogP contribution is 2.32. The number of aromatic nitrogens is 1. The molecule has 1 saturated carbocycles. The number of hydrogen-bond acceptors (Lipinski definition) is 3. The zero-order valence-corrected chi connectivity index (χ0v) is 12.7. The number of carbonyl (C=O) groups is 2. The van der Waals surface area contributed by atoms with Crippen LogP contribution in [0.1, 0.15) is 44.4 Å². The average Bonchev–Trinajstić information content (AvgIpc) is 2.88. The average molecular weight is 290 g/mol. The van der Waals surface area contributed by atoms with Gasteiger partial charge in [0.05, 0.1) is 11.5 Å². The number of nitrogens with one attached hydrogen (secondary N) is 1. The summed E-state index contributed by atoms with van der Waals surface area (Å²) >= 11 is 0. The van der Waals surface area contributed by atoms with E-state index in [2.05, 4.69) is 10.3 Å². The number of carboxylic acid groups (broad SMARTS) is 1. The first-order valence-corrected chi connectivity index (χ1v) is 7.27. The van der Waals surface area contributed by atoms with Gasteiger partial charge >= 0.3 is 5.97 Å². The molecular formula is C16H22N2O3. The highest BCUT2D eigenvalue weighted by molar-refractivity contribution is 5.81. The van der Waals surface area contributed by atoms with E-state index in [1.165, 1.54) is 0 Å². The molecule has 0 aliphatic heterocycles. The van der Waals surface area contributed by atoms with Crippen LogP contribution in [0.15, 0.2) is 18.3 Å². The predicted octanol–water partition coefficient (Wildman–Crippen LogP) is 2.24. The van der Waals surface area contributed by atoms with Crippen LogP contribution < -0.4 is 5.32 Å². The van der Waals surface area contributed by atoms with Crippen LogP contribution in [0, 0.1) is 18.8 Å². The van der Waals surface area contributed by atoms with Crippen LogP contribution in [-0.2, 0) is 15.1 Å². The van der Waals surface area contributed by atoms with Crippen molar-refractivity contribution >= 4 is 11.9 Å². The van der Waals surface area contributed by atoms with Crippen LogP contribution >= 0.6 is 0 Å². The number of pyridine rings is 1. The Morgan fingerprint density at radius 1 is 1.29 bits per heavy atom. The molecule has 0 unspecified atom stereocenters. The molecule has 0 spiro atoms. The highest BCUT2D eigenvalue weighted by Gasteiger charge is 2.35. The van der Waals surface area contributed by atoms with Gasteiger partial charge in [-0.1, -0.05) is 6.07 Å². The Balaban J connectivity index is 2.01. The Hall–Kier alpha value is -1.91. The quantitative estimate of drug-likeness (QED) is 0.891. The van der Waals surface area contributed by atoms with Crippen LogP contribution in [0.3, 0.4) is 0 Å². The monoisotopic (exact) mass is 290 g/mol. The van der Waals surface area contributed by atoms with Crippen LogP contribution in [-0.4, -0.2) is 22.0 Å². The van der Waals surface area contributed by atoms with Crippen molar-refractivity contribution in [1.29, 1.82) is 0 Å². The maximum Gasteiger partial charge on any atom is 0.306 e. The zero-order valence-electron chi connectivity index (χ0n) is 12.7. The zero-order chi connectivity index (χ0) is 15.6. The number of carboxylic acids is 1. The van der Waals surface area contributed by atoms with Gasteiger partial charge in [-0.25, -0.2) is 0 Å². The molecule has 1 heterocycles. The van der Waals surface area contributed by atoms with Gasteiger partial charge < -0.3 is 10.4 Å². The molecule has 114 valence electrons. The molecule has 0 radical (unpaired) electrons. The van der Waals surface area contributed by atoms with Crippen molar-refractivity contribution in [3.63, 3.8) is 0 Å². The molecule has 1 aromatic heterocycles. The van der Waals surface area contributed by atoms with Gasteiger partial charge in [-0.05, 0) is 51.7 Å². The summed E-state index contributed by atoms with van der Waals surface area (Å²) in [6, 6.07) is 3.87. The minimum absolute atomic E-state index is 0.0654. The Morgan fingerprint density at radius 3 is 2.48 bits per heavy atom. The van der Waals surface area contributed by atoms with Crippen LogP contribution in [0.5, 0.6) is 0 Å². The molecule has 21 heavy (non-hydrogen) atoms. The van der Waals surface area contributed by atoms with Gasteiger partial charge in [-0.2, -0.15) is 0 Å². The normalized spacial score (nSPS) is 22.0. The smallest absolute Gasteiger partial charge is 0.306 e. The number of aryl methyl sites for hydroxylation is 1. The summed E-state index contributed by atoms with van der Waals surface area (Å²) < 4.78 is 0. The van der Waals surface area contributed by atoms with E-state index in [1.807, 2.05) is 32.9 Å². The van der Waals surface area contributed by atoms with Crippen molar-refractivity contribution in [2.75, 3.05) is 0 Å². The molecule has 0 bridgehead atoms. The first kappa shape index (κ1) is 15.5. The predicted molar refractivity (Wildman–Crippen MR) is 78.6 cm³/mol. The molecule has 2 atom stereocenters. The van der Waals surface area contributed by atoms with Crippen molar-refractivity contribution in [2.45, 2.75) is 45.6 Å². The van der Waals surface area contributed by atoms with Gasteiger partial charge in [0.15, 0.2) is 0 Å². The van der Waals surface area contributed by atoms with E-state index in [0.29, 0.717) is 19.3 Å². The summed E-state index contributed by atoms with van der Waals surface area (Å²) in [7, 11) is 0. The van der Waals surface area contributed by atoms with Gasteiger partial charge in [-0.3, -0.25) is 14.6 Å². The van der Waals surface area contributed by atoms with E-state index in [4.69, 9.17) is 5.11 Å². The van der Waals surface area contributed by atoms with E-state index in [0.717, 1.165) is 11.3 Å². The van der Waals surface area contributed by atoms with Crippen molar-refractivity contribution in [2.24, 2.45) is 11.8 Å². The van der Waals surface area contributed by atoms with Gasteiger partial charge in [0.1, 0.15) is 0 Å². The van der Waals surface area contributed by atoms with Crippen LogP contribution in [0.4, 0.5) is 0 Å². The minimum Gasteiger partial charge on any atom is -0.481 e. The second kappa shape index (κ2) is 5.84. The van der Waals surface area contributed by atoms with Crippen molar-refractivity contribution in [1.82, 2.24) is 10.3 Å². The third-order valence-electron chi connectivity index (χ3n) is 4.22. The fourth-order valence-electron chi connectivity index (χ4n) is 2.76. The van der Waals surface area contributed by atoms with Crippen LogP contribution in [0.2, 0.25) is 0 Å². The summed E-state index contributed by atoms with van der Waals surface area (Å²) in [5.41, 5.74) is 1.36. The fourth-order valence-corrected chi connectivity index (χ4v) is 2.76. The lowest BCUT2D eigenvalue weighted by Crippen LogP contribution is -2.43. The Labute approximate surface area is 124 Å². The second-order valence-electron chi connectivity index (χ2n) is 6.35. The largest absolute Gasteiger partial charge is 0.481 e. The lowest BCUT2D eigenvalue weighted by molar-refractivity contribution is -0.141. The summed E-state index contributed by atoms with van der Waals surface area (Å²) in [5, 5.41) is 12.0. The summed E-state index contributed by atoms with van der Waals surface area (Å²) in [6.45, 7) is 5.78. The van der Waals surface area contributed by atoms with Gasteiger partial charge in [0.25, 0.3) is 0 Å². The number of rotatable bonds is 4. The van der Waals surface area contributed by atoms with E-state index in [9.17, 15) is 9.59 Å². The highest BCUT2D eigenvalue weighted by atomic mass is 16.4. The Bertz CT molecular complexity index is 537. The molecule has 2 rings (SSSR count). The number of amides is 1. The number of carbonyl (C=O) groups excluding carboxylic acids is 1. The minimum atomic E-state index is -0.799. The summed E-state index contributed by atoms with van der Waals surface area (Å²) in [4.78, 5) is 27.6. The molecule has 5 heteroatoms. The van der Waals surface area contributed by atoms with Gasteiger partial charge in [-0.15, -0.1) is 0 Å². The first-order chi connectivity index (χ1) is 9.79. The SMILES string of the molecule is Cc1ccc(C(C)(C)NC(=O)[C@@H]2CC[C@H](C(=O)O)C2)cn1. The molecule has 2 N–H and O–H groups in total. The topological polar surface area (TPSA) is 79.3 Å². The summed E-state index contributed by atoms with van der Waals surface area (Å²) in [6.07, 6.45) is 3.43. The van der Waals surface area contributed by atoms with Crippen molar-refractivity contribution in [3.8, 4) is 0 Å². The molecule has 1 aromatic rings. The molecular weight excluding hydrogens is 268 g/mol. The molecule has 0 aromatic carbocycles. The van der Waals surface area contributed by atoms with Gasteiger partial charge in [0.2, 0.25) is 5.91 Å². The third-order valence-corrected chi connectivity index (χ3v) is 4.22. The Kier molecular flexibility index (Phi) is 4.30. The maximum atomic E-state index is 12.3. The number of hydrogen-bond donors (Lipinski definition) is 2. The lowest BCUT2D eigenvalue weighted by Gasteiger charge is -2.28. The maximum absolute atomic E-state index is 12.3. The summed E-state index contributed by atoms with van der Waals surface area (Å²) in [5.74, 6) is -1.45. The Morgan fingerprint density at radius 2 is 1.95 bits per heavy atom. The second-order valence-corrected chi connectivity index (χ2v) is 6.35. The molecule has 1 aliphatic rings. The molecule has 1 fully saturated rings. The number of aliphatic carboxylic acids is 1. The number of nitrogens with zero attached hydrogens (tertiary/aromatic N) is 1. The lowest BCUT2D eigenvalue weighted by atomic mass is 9.94. The van der Waals surface area contributed by atoms with Crippen molar-refractivity contribution < 1.29 is 14.7 Å². The molecule has 5 nitrogen and oxygen atoms in total. The third kappa shape index (κ3) is 3.60. The van der Waals surface area contributed by atoms with Crippen molar-refractivity contribution in [3.05, 3.63) is 29.6 Å². The van der Waals surface area contributed by atoms with E-state index >= 15 is 0 Å². The van der Waals surface area contributed by atoms with Gasteiger partial charge in [0, 0.05) is 17.8 Å². The fraction of sp³-hybridized carbons (Fsp3) is 0.562. The molecule has 1 aliphatic carbocycles.